The Balaban J connectivity index is 0.000000292. The Morgan fingerprint density at radius 2 is 0.812 bits per heavy atom. The van der Waals surface area contributed by atoms with E-state index in [-0.39, 0.29) is 82.2 Å². The normalized spacial score (nSPS) is 14.9. The summed E-state index contributed by atoms with van der Waals surface area (Å²) >= 11 is 0. The van der Waals surface area contributed by atoms with Crippen molar-refractivity contribution in [2.45, 2.75) is 269 Å². The van der Waals surface area contributed by atoms with Crippen LogP contribution in [0.2, 0.25) is 0 Å². The van der Waals surface area contributed by atoms with Gasteiger partial charge >= 0.3 is 6.36 Å². The van der Waals surface area contributed by atoms with Crippen LogP contribution >= 0.6 is 0 Å². The van der Waals surface area contributed by atoms with Crippen molar-refractivity contribution < 1.29 is 94.4 Å². The molecule has 14 rings (SSSR count). The molecule has 3 heterocycles. The van der Waals surface area contributed by atoms with Crippen molar-refractivity contribution in [2.24, 2.45) is 11.3 Å². The number of ketones is 1. The maximum absolute atomic E-state index is 12.3. The molecular formula is C115H161F3N8O18S5. The molecule has 10 aromatic carbocycles. The number of sulfonamides is 5. The summed E-state index contributed by atoms with van der Waals surface area (Å²) in [6, 6.07) is 71.7. The van der Waals surface area contributed by atoms with Crippen molar-refractivity contribution in [1.29, 1.82) is 0 Å². The molecule has 3 unspecified atom stereocenters. The second kappa shape index (κ2) is 65.1. The van der Waals surface area contributed by atoms with Gasteiger partial charge in [0.1, 0.15) is 5.75 Å². The van der Waals surface area contributed by atoms with Gasteiger partial charge in [-0.1, -0.05) is 275 Å². The number of anilines is 1. The monoisotopic (exact) mass is 2160 g/mol. The molecule has 0 bridgehead atoms. The molecule has 34 heteroatoms. The Labute approximate surface area is 886 Å². The van der Waals surface area contributed by atoms with E-state index < -0.39 is 74.7 Å². The highest BCUT2D eigenvalue weighted by molar-refractivity contribution is 7.90. The van der Waals surface area contributed by atoms with E-state index in [1.165, 1.54) is 116 Å². The van der Waals surface area contributed by atoms with E-state index >= 15 is 0 Å². The first-order valence-corrected chi connectivity index (χ1v) is 58.3. The first-order chi connectivity index (χ1) is 70.2. The molecule has 2 amide bonds. The van der Waals surface area contributed by atoms with Gasteiger partial charge in [-0.05, 0) is 247 Å². The van der Waals surface area contributed by atoms with E-state index in [4.69, 9.17) is 14.9 Å². The fraction of sp³-hybridized carbons (Fsp3) is 0.452. The van der Waals surface area contributed by atoms with Crippen LogP contribution in [-0.2, 0) is 59.6 Å². The number of morpholine rings is 1. The molecule has 1 saturated carbocycles. The number of benzene rings is 10. The summed E-state index contributed by atoms with van der Waals surface area (Å²) in [5.74, 6) is 0.852. The maximum Gasteiger partial charge on any atom is 0.573 e. The predicted molar refractivity (Wildman–Crippen MR) is 591 cm³/mol. The van der Waals surface area contributed by atoms with Gasteiger partial charge in [0, 0.05) is 101 Å². The number of amides is 2. The Hall–Kier alpha value is -10.4. The summed E-state index contributed by atoms with van der Waals surface area (Å²) in [5.41, 5.74) is 15.8. The maximum atomic E-state index is 12.3. The Kier molecular flexibility index (Phi) is 56.4. The summed E-state index contributed by atoms with van der Waals surface area (Å²) in [4.78, 5) is 39.3. The van der Waals surface area contributed by atoms with E-state index in [0.29, 0.717) is 74.9 Å². The number of nitrogens with zero attached hydrogens (tertiary/aromatic N) is 3. The van der Waals surface area contributed by atoms with Crippen LogP contribution in [0.25, 0.3) is 0 Å². The number of aryl methyl sites for hydroxylation is 10. The van der Waals surface area contributed by atoms with E-state index in [0.717, 1.165) is 63.3 Å². The number of rotatable bonds is 28. The lowest BCUT2D eigenvalue weighted by Crippen LogP contribution is -2.42. The van der Waals surface area contributed by atoms with Gasteiger partial charge in [0.15, 0.2) is 5.78 Å². The average molecular weight is 2160 g/mol. The highest BCUT2D eigenvalue weighted by Crippen LogP contribution is 2.33. The van der Waals surface area contributed by atoms with Crippen molar-refractivity contribution in [3.05, 3.63) is 315 Å². The smallest absolute Gasteiger partial charge is 0.406 e. The largest absolute Gasteiger partial charge is 0.573 e. The van der Waals surface area contributed by atoms with Crippen LogP contribution in [-0.4, -0.2) is 194 Å². The topological polar surface area (TPSA) is 371 Å². The van der Waals surface area contributed by atoms with Gasteiger partial charge in [0.05, 0.1) is 57.0 Å². The van der Waals surface area contributed by atoms with E-state index in [1.807, 2.05) is 130 Å². The highest BCUT2D eigenvalue weighted by Gasteiger charge is 2.32. The molecular weight excluding hydrogens is 2000 g/mol. The van der Waals surface area contributed by atoms with E-state index in [2.05, 4.69) is 117 Å². The molecule has 0 aromatic heterocycles. The molecule has 3 aliphatic heterocycles. The number of piperidine rings is 2. The number of β-amino-alcohol motifs (C(OH)–C–C–N with tert-alkyl or cyclic N) is 1. The molecule has 10 aromatic rings. The lowest BCUT2D eigenvalue weighted by Gasteiger charge is -2.29. The molecule has 3 saturated heterocycles. The van der Waals surface area contributed by atoms with Crippen molar-refractivity contribution in [3.8, 4) is 5.75 Å². The molecule has 0 radical (unpaired) electrons. The van der Waals surface area contributed by atoms with Gasteiger partial charge in [-0.2, -0.15) is 4.31 Å². The zero-order valence-electron chi connectivity index (χ0n) is 90.1. The number of carbonyl (C=O) groups is 3. The minimum absolute atomic E-state index is 0.0419. The number of hydrogen-bond donors (Lipinski definition) is 8. The second-order valence-electron chi connectivity index (χ2n) is 39.2. The first-order valence-electron chi connectivity index (χ1n) is 50.9. The zero-order chi connectivity index (χ0) is 111. The van der Waals surface area contributed by atoms with Crippen LogP contribution in [0, 0.1) is 80.6 Å². The minimum atomic E-state index is -4.60. The molecule has 26 nitrogen and oxygen atoms in total. The zero-order valence-corrected chi connectivity index (χ0v) is 94.1. The third-order valence-corrected chi connectivity index (χ3v) is 32.1. The lowest BCUT2D eigenvalue weighted by molar-refractivity contribution is -0.274. The number of ether oxygens (including phenoxy) is 2. The molecule has 1 aliphatic carbocycles. The Morgan fingerprint density at radius 3 is 1.19 bits per heavy atom. The number of Topliss-reactive ketones (excluding diaryl/α,β-unsaturated/α-hetero) is 1. The molecule has 8 N–H and O–H groups in total. The van der Waals surface area contributed by atoms with Gasteiger partial charge in [-0.15, -0.1) is 13.2 Å². The molecule has 149 heavy (non-hydrogen) atoms. The SMILES string of the molecule is CC(=O)NCCNS(=O)(=O)c1ccc(C)cc1.CCC(=O)c1ccc(C)cc1.CCCC(CO)NS(=O)(=O)c1ccc(C)cc1.Cc1ccc(C(=O)N2CCOCC2)cc1.Cc1ccc(C2CCCCC2)cc1.Cc1ccc(N2CCCCC2)cc1.Cc1ccc(OC(F)(F)F)cc1.Cc1ccc(S(=O)(=O)N2CCCC(O)C2)cc1.Cc1ccc(S(=O)(=O)NC(CO)C(C)C)cc1.Cc1ccc(S(=O)(=O)NCCC(C)(C)C)cc1. The van der Waals surface area contributed by atoms with Crippen LogP contribution in [0.4, 0.5) is 18.9 Å². The number of hydrogen-bond acceptors (Lipinski definition) is 19. The summed E-state index contributed by atoms with van der Waals surface area (Å²) in [5, 5.41) is 30.2. The highest BCUT2D eigenvalue weighted by atomic mass is 32.2. The summed E-state index contributed by atoms with van der Waals surface area (Å²) in [7, 11) is -17.3. The standard InChI is InChI=1S/C13H21NO2S.C13H18.C12H17NO3S.2C12H19NO3S.C12H15NO2.C12H17N.C11H16N2O3S.C10H12O.C8H7F3O/c1-11-5-7-12(8-6-11)17(15,16)14-10-9-13(2,3)4;1-11-7-9-13(10-8-11)12-5-3-2-4-6-12;1-10-4-6-12(7-5-10)17(15,16)13-8-2-3-11(14)9-13;1-9(2)12(8-14)13-17(15,16)11-6-4-10(3)5-7-11;1-3-4-11(9-14)13-17(15,16)12-7-5-10(2)6-8-12;1-10-2-4-11(5-3-10)12(14)13-6-8-15-9-7-13;1-11-5-7-12(8-6-11)13-9-3-2-4-10-13;1-9-3-5-11(6-4-9)17(15,16)13-8-7-12-10(2)14;1-3-10(11)9-6-4-8(2)5-7-9;1-6-2-4-7(5-3-6)12-8(9,10)11/h5-8,14H,9-10H2,1-4H3;7-10,12H,2-6H2,1H3;4-7,11,14H,2-3,8-9H2,1H3;4-7,9,12-14H,8H2,1-3H3;5-8,11,13-14H,3-4,9H2,1-2H3;2-5H,6-9H2,1H3;5-8H,2-4,9-10H2,1H3;3-6,13H,7-8H2,1-2H3,(H,12,14);4-7H,3H2,1-2H3;2-5H,1H3. The third-order valence-electron chi connectivity index (χ3n) is 24.2. The summed E-state index contributed by atoms with van der Waals surface area (Å²) in [6.45, 7) is 41.3. The van der Waals surface area contributed by atoms with Crippen LogP contribution < -0.4 is 33.8 Å². The fourth-order valence-corrected chi connectivity index (χ4v) is 21.2. The molecule has 3 atom stereocenters. The van der Waals surface area contributed by atoms with Crippen LogP contribution in [0.15, 0.2) is 267 Å². The average Bonchev–Trinajstić information content (AvgIpc) is 0.803. The quantitative estimate of drug-likeness (QED) is 0.0167. The van der Waals surface area contributed by atoms with E-state index in [1.54, 1.807) is 146 Å². The van der Waals surface area contributed by atoms with Crippen molar-refractivity contribution in [2.75, 3.05) is 90.2 Å². The molecule has 0 spiro atoms. The van der Waals surface area contributed by atoms with Crippen LogP contribution in [0.1, 0.15) is 233 Å². The van der Waals surface area contributed by atoms with Gasteiger partial charge in [0.25, 0.3) is 5.91 Å². The first kappa shape index (κ1) is 129. The predicted octanol–water partition coefficient (Wildman–Crippen LogP) is 21.0. The van der Waals surface area contributed by atoms with Gasteiger partial charge < -0.3 is 39.9 Å². The van der Waals surface area contributed by atoms with Crippen molar-refractivity contribution in [1.82, 2.24) is 33.4 Å². The van der Waals surface area contributed by atoms with Crippen molar-refractivity contribution in [3.63, 3.8) is 0 Å². The molecule has 4 fully saturated rings. The molecule has 820 valence electrons. The van der Waals surface area contributed by atoms with Crippen LogP contribution in [0.5, 0.6) is 5.75 Å². The number of alkyl halides is 3. The number of nitrogens with one attached hydrogen (secondary N) is 5. The summed E-state index contributed by atoms with van der Waals surface area (Å²) < 4.78 is 175. The van der Waals surface area contributed by atoms with Crippen molar-refractivity contribution >= 4 is 73.4 Å². The fourth-order valence-electron chi connectivity index (χ4n) is 15.0. The van der Waals surface area contributed by atoms with Crippen LogP contribution in [0.3, 0.4) is 0 Å². The second-order valence-corrected chi connectivity index (χ2v) is 48.1. The van der Waals surface area contributed by atoms with Gasteiger partial charge in [-0.3, -0.25) is 14.4 Å². The molecule has 4 aliphatic rings. The number of aliphatic hydroxyl groups excluding tert-OH is 3. The third kappa shape index (κ3) is 50.6. The van der Waals surface area contributed by atoms with Gasteiger partial charge in [0.2, 0.25) is 56.0 Å². The van der Waals surface area contributed by atoms with E-state index in [9.17, 15) is 74.8 Å². The number of carbonyl (C=O) groups excluding carboxylic acids is 3. The summed E-state index contributed by atoms with van der Waals surface area (Å²) in [6.07, 6.45) is 10.3. The Morgan fingerprint density at radius 1 is 0.436 bits per heavy atom. The Bertz CT molecular complexity index is 6120. The lowest BCUT2D eigenvalue weighted by atomic mass is 9.84. The number of halogens is 3. The van der Waals surface area contributed by atoms with Gasteiger partial charge in [-0.25, -0.2) is 61.0 Å². The number of aliphatic hydroxyl groups is 3. The minimum Gasteiger partial charge on any atom is -0.406 e.